The van der Waals surface area contributed by atoms with E-state index in [1.807, 2.05) is 0 Å². The Kier molecular flexibility index (Phi) is 2.46. The molecule has 0 aliphatic rings. The molecule has 84 valence electrons. The minimum absolute atomic E-state index is 0.296. The van der Waals surface area contributed by atoms with Gasteiger partial charge in [0.2, 0.25) is 0 Å². The number of aliphatic carboxylic acids is 1. The van der Waals surface area contributed by atoms with Crippen molar-refractivity contribution in [2.45, 2.75) is 19.3 Å². The van der Waals surface area contributed by atoms with Crippen LogP contribution in [0.3, 0.4) is 0 Å². The Labute approximate surface area is 96.3 Å². The van der Waals surface area contributed by atoms with Crippen molar-refractivity contribution in [3.63, 3.8) is 0 Å². The quantitative estimate of drug-likeness (QED) is 0.870. The van der Waals surface area contributed by atoms with Gasteiger partial charge in [-0.1, -0.05) is 12.1 Å². The van der Waals surface area contributed by atoms with Crippen LogP contribution in [0.1, 0.15) is 19.4 Å². The van der Waals surface area contributed by atoms with E-state index in [1.165, 1.54) is 17.4 Å². The largest absolute Gasteiger partial charge is 0.481 e. The van der Waals surface area contributed by atoms with E-state index < -0.39 is 11.4 Å². The van der Waals surface area contributed by atoms with Crippen LogP contribution < -0.4 is 0 Å². The highest BCUT2D eigenvalue weighted by Gasteiger charge is 2.32. The Morgan fingerprint density at radius 3 is 2.75 bits per heavy atom. The van der Waals surface area contributed by atoms with E-state index >= 15 is 0 Å². The highest BCUT2D eigenvalue weighted by Crippen LogP contribution is 2.36. The molecule has 0 spiro atoms. The summed E-state index contributed by atoms with van der Waals surface area (Å²) in [6, 6.07) is 4.75. The molecule has 1 heterocycles. The van der Waals surface area contributed by atoms with Crippen molar-refractivity contribution in [1.29, 1.82) is 0 Å². The van der Waals surface area contributed by atoms with Crippen molar-refractivity contribution >= 4 is 27.4 Å². The smallest absolute Gasteiger partial charge is 0.313 e. The normalized spacial score (nSPS) is 11.9. The minimum Gasteiger partial charge on any atom is -0.481 e. The van der Waals surface area contributed by atoms with Crippen molar-refractivity contribution in [1.82, 2.24) is 0 Å². The molecule has 0 unspecified atom stereocenters. The molecule has 0 saturated heterocycles. The predicted molar refractivity (Wildman–Crippen MR) is 62.4 cm³/mol. The van der Waals surface area contributed by atoms with Gasteiger partial charge in [0.25, 0.3) is 0 Å². The predicted octanol–water partition coefficient (Wildman–Crippen LogP) is 3.40. The molecule has 0 aliphatic carbocycles. The van der Waals surface area contributed by atoms with E-state index in [4.69, 9.17) is 5.11 Å². The van der Waals surface area contributed by atoms with Crippen LogP contribution in [0.2, 0.25) is 0 Å². The number of benzene rings is 1. The summed E-state index contributed by atoms with van der Waals surface area (Å²) in [5.74, 6) is -1.20. The fourth-order valence-electron chi connectivity index (χ4n) is 1.62. The van der Waals surface area contributed by atoms with Crippen LogP contribution in [0, 0.1) is 5.82 Å². The molecule has 2 aromatic rings. The molecule has 0 amide bonds. The number of hydrogen-bond acceptors (Lipinski definition) is 2. The van der Waals surface area contributed by atoms with Crippen LogP contribution >= 0.6 is 11.3 Å². The Bertz CT molecular complexity index is 557. The number of carboxylic acid groups (broad SMARTS) is 1. The van der Waals surface area contributed by atoms with Gasteiger partial charge in [0.1, 0.15) is 5.82 Å². The summed E-state index contributed by atoms with van der Waals surface area (Å²) in [5.41, 5.74) is -0.328. The zero-order valence-corrected chi connectivity index (χ0v) is 9.77. The lowest BCUT2D eigenvalue weighted by Crippen LogP contribution is -2.28. The second kappa shape index (κ2) is 3.56. The lowest BCUT2D eigenvalue weighted by Gasteiger charge is -2.18. The third-order valence-corrected chi connectivity index (χ3v) is 3.76. The van der Waals surface area contributed by atoms with Gasteiger partial charge in [-0.05, 0) is 36.2 Å². The Morgan fingerprint density at radius 1 is 1.44 bits per heavy atom. The molecule has 0 bridgehead atoms. The summed E-state index contributed by atoms with van der Waals surface area (Å²) in [6.45, 7) is 3.25. The Morgan fingerprint density at radius 2 is 2.12 bits per heavy atom. The van der Waals surface area contributed by atoms with Gasteiger partial charge in [0.05, 0.1) is 10.1 Å². The fourth-order valence-corrected chi connectivity index (χ4v) is 2.76. The topological polar surface area (TPSA) is 37.3 Å². The molecule has 0 saturated carbocycles. The van der Waals surface area contributed by atoms with Gasteiger partial charge < -0.3 is 5.11 Å². The number of thiophene rings is 1. The monoisotopic (exact) mass is 238 g/mol. The molecule has 0 fully saturated rings. The van der Waals surface area contributed by atoms with E-state index in [1.54, 1.807) is 31.4 Å². The number of fused-ring (bicyclic) bond motifs is 1. The average Bonchev–Trinajstić information content (AvgIpc) is 2.63. The molecule has 2 rings (SSSR count). The molecule has 2 nitrogen and oxygen atoms in total. The highest BCUT2D eigenvalue weighted by molar-refractivity contribution is 7.17. The summed E-state index contributed by atoms with van der Waals surface area (Å²) >= 11 is 1.25. The first-order valence-corrected chi connectivity index (χ1v) is 5.72. The summed E-state index contributed by atoms with van der Waals surface area (Å²) < 4.78 is 14.0. The first-order chi connectivity index (χ1) is 7.44. The molecule has 0 atom stereocenters. The van der Waals surface area contributed by atoms with Crippen LogP contribution in [0.25, 0.3) is 10.1 Å². The van der Waals surface area contributed by atoms with E-state index in [0.717, 1.165) is 0 Å². The summed E-state index contributed by atoms with van der Waals surface area (Å²) in [6.07, 6.45) is 0. The summed E-state index contributed by atoms with van der Waals surface area (Å²) in [5, 5.41) is 11.6. The third-order valence-electron chi connectivity index (χ3n) is 2.76. The van der Waals surface area contributed by atoms with Gasteiger partial charge in [-0.3, -0.25) is 4.79 Å². The Hall–Kier alpha value is -1.42. The van der Waals surface area contributed by atoms with Gasteiger partial charge in [0, 0.05) is 0 Å². The SMILES string of the molecule is CC(C)(C(=O)O)c1csc2c(F)cccc12. The molecule has 16 heavy (non-hydrogen) atoms. The maximum atomic E-state index is 13.5. The molecular weight excluding hydrogens is 227 g/mol. The van der Waals surface area contributed by atoms with Crippen LogP contribution in [-0.2, 0) is 10.2 Å². The van der Waals surface area contributed by atoms with Crippen molar-refractivity contribution in [2.24, 2.45) is 0 Å². The van der Waals surface area contributed by atoms with E-state index in [-0.39, 0.29) is 5.82 Å². The van der Waals surface area contributed by atoms with Crippen molar-refractivity contribution in [3.8, 4) is 0 Å². The number of hydrogen-bond donors (Lipinski definition) is 1. The molecule has 0 aliphatic heterocycles. The average molecular weight is 238 g/mol. The molecular formula is C12H11FO2S. The summed E-state index contributed by atoms with van der Waals surface area (Å²) in [4.78, 5) is 11.2. The van der Waals surface area contributed by atoms with Gasteiger partial charge >= 0.3 is 5.97 Å². The van der Waals surface area contributed by atoms with Crippen LogP contribution in [0.15, 0.2) is 23.6 Å². The van der Waals surface area contributed by atoms with E-state index in [9.17, 15) is 9.18 Å². The van der Waals surface area contributed by atoms with E-state index in [2.05, 4.69) is 0 Å². The van der Waals surface area contributed by atoms with Crippen LogP contribution in [0.5, 0.6) is 0 Å². The van der Waals surface area contributed by atoms with Crippen molar-refractivity contribution in [3.05, 3.63) is 35.0 Å². The molecule has 0 radical (unpaired) electrons. The Balaban J connectivity index is 2.72. The number of carbonyl (C=O) groups is 1. The number of rotatable bonds is 2. The zero-order chi connectivity index (χ0) is 11.9. The van der Waals surface area contributed by atoms with Gasteiger partial charge in [-0.15, -0.1) is 11.3 Å². The number of halogens is 1. The van der Waals surface area contributed by atoms with Gasteiger partial charge in [0.15, 0.2) is 0 Å². The highest BCUT2D eigenvalue weighted by atomic mass is 32.1. The van der Waals surface area contributed by atoms with Crippen LogP contribution in [-0.4, -0.2) is 11.1 Å². The van der Waals surface area contributed by atoms with Crippen molar-refractivity contribution in [2.75, 3.05) is 0 Å². The second-order valence-electron chi connectivity index (χ2n) is 4.20. The molecule has 4 heteroatoms. The molecule has 1 aromatic carbocycles. The second-order valence-corrected chi connectivity index (χ2v) is 5.08. The third kappa shape index (κ3) is 1.50. The molecule has 1 N–H and O–H groups in total. The van der Waals surface area contributed by atoms with Gasteiger partial charge in [-0.25, -0.2) is 4.39 Å². The van der Waals surface area contributed by atoms with Gasteiger partial charge in [-0.2, -0.15) is 0 Å². The number of carboxylic acids is 1. The zero-order valence-electron chi connectivity index (χ0n) is 8.95. The van der Waals surface area contributed by atoms with Crippen molar-refractivity contribution < 1.29 is 14.3 Å². The maximum Gasteiger partial charge on any atom is 0.313 e. The van der Waals surface area contributed by atoms with Crippen LogP contribution in [0.4, 0.5) is 4.39 Å². The molecule has 1 aromatic heterocycles. The lowest BCUT2D eigenvalue weighted by molar-refractivity contribution is -0.142. The lowest BCUT2D eigenvalue weighted by atomic mass is 9.85. The summed E-state index contributed by atoms with van der Waals surface area (Å²) in [7, 11) is 0. The van der Waals surface area contributed by atoms with E-state index in [0.29, 0.717) is 15.6 Å². The maximum absolute atomic E-state index is 13.5. The first-order valence-electron chi connectivity index (χ1n) is 4.84. The standard InChI is InChI=1S/C12H11FO2S/c1-12(2,11(14)15)8-6-16-10-7(8)4-3-5-9(10)13/h3-6H,1-2H3,(H,14,15). The fraction of sp³-hybridized carbons (Fsp3) is 0.250. The minimum atomic E-state index is -0.994. The first kappa shape index (κ1) is 11.1.